The lowest BCUT2D eigenvalue weighted by molar-refractivity contribution is 0.206. The van der Waals surface area contributed by atoms with Gasteiger partial charge < -0.3 is 20.2 Å². The molecule has 3 heterocycles. The number of carbonyl (C=O) groups is 1. The number of aromatic nitrogens is 2. The highest BCUT2D eigenvalue weighted by molar-refractivity contribution is 5.93. The van der Waals surface area contributed by atoms with Crippen LogP contribution in [0.15, 0.2) is 79.1 Å². The SMILES string of the molecule is O=C(Nc1ccc2cc[nH]c2c1)N1CCc2ccc(-c3ccc4cc[nH]c4c3)cc2C1. The highest BCUT2D eigenvalue weighted by Crippen LogP contribution is 2.29. The normalized spacial score (nSPS) is 13.5. The van der Waals surface area contributed by atoms with Crippen molar-refractivity contribution < 1.29 is 4.79 Å². The lowest BCUT2D eigenvalue weighted by atomic mass is 9.94. The maximum absolute atomic E-state index is 12.9. The van der Waals surface area contributed by atoms with Crippen LogP contribution in [0.4, 0.5) is 10.5 Å². The Labute approximate surface area is 179 Å². The van der Waals surface area contributed by atoms with E-state index in [2.05, 4.69) is 57.7 Å². The molecule has 5 nitrogen and oxygen atoms in total. The molecular formula is C26H22N4O. The van der Waals surface area contributed by atoms with Crippen LogP contribution >= 0.6 is 0 Å². The van der Waals surface area contributed by atoms with Crippen LogP contribution in [0.5, 0.6) is 0 Å². The molecule has 5 heteroatoms. The zero-order valence-corrected chi connectivity index (χ0v) is 17.0. The number of nitrogens with zero attached hydrogens (tertiary/aromatic N) is 1. The van der Waals surface area contributed by atoms with Crippen molar-refractivity contribution in [3.63, 3.8) is 0 Å². The average Bonchev–Trinajstić information content (AvgIpc) is 3.46. The van der Waals surface area contributed by atoms with Crippen molar-refractivity contribution in [2.45, 2.75) is 13.0 Å². The Morgan fingerprint density at radius 1 is 0.774 bits per heavy atom. The maximum Gasteiger partial charge on any atom is 0.322 e. The Bertz CT molecular complexity index is 1430. The molecule has 0 saturated carbocycles. The first-order chi connectivity index (χ1) is 15.2. The van der Waals surface area contributed by atoms with Gasteiger partial charge in [0.1, 0.15) is 0 Å². The average molecular weight is 406 g/mol. The highest BCUT2D eigenvalue weighted by Gasteiger charge is 2.21. The Hall–Kier alpha value is -3.99. The van der Waals surface area contributed by atoms with Gasteiger partial charge in [0.15, 0.2) is 0 Å². The van der Waals surface area contributed by atoms with E-state index in [1.165, 1.54) is 27.6 Å². The van der Waals surface area contributed by atoms with Crippen LogP contribution in [-0.2, 0) is 13.0 Å². The van der Waals surface area contributed by atoms with Gasteiger partial charge in [-0.05, 0) is 75.8 Å². The molecule has 31 heavy (non-hydrogen) atoms. The van der Waals surface area contributed by atoms with Gasteiger partial charge in [-0.1, -0.05) is 30.3 Å². The number of hydrogen-bond donors (Lipinski definition) is 3. The van der Waals surface area contributed by atoms with Gasteiger partial charge in [-0.15, -0.1) is 0 Å². The third kappa shape index (κ3) is 3.24. The molecule has 0 unspecified atom stereocenters. The second-order valence-corrected chi connectivity index (χ2v) is 8.14. The van der Waals surface area contributed by atoms with Gasteiger partial charge >= 0.3 is 6.03 Å². The Kier molecular flexibility index (Phi) is 4.06. The molecule has 2 amide bonds. The number of urea groups is 1. The number of amides is 2. The number of rotatable bonds is 2. The van der Waals surface area contributed by atoms with Crippen LogP contribution in [0.1, 0.15) is 11.1 Å². The van der Waals surface area contributed by atoms with E-state index >= 15 is 0 Å². The minimum Gasteiger partial charge on any atom is -0.361 e. The predicted octanol–water partition coefficient (Wildman–Crippen LogP) is 5.91. The maximum atomic E-state index is 12.9. The van der Waals surface area contributed by atoms with E-state index < -0.39 is 0 Å². The molecule has 0 fully saturated rings. The minimum atomic E-state index is -0.0604. The van der Waals surface area contributed by atoms with E-state index in [4.69, 9.17) is 0 Å². The van der Waals surface area contributed by atoms with Gasteiger partial charge in [-0.3, -0.25) is 0 Å². The number of anilines is 1. The standard InChI is InChI=1S/C26H22N4O/c31-26(29-23-6-5-19-8-11-28-25(19)15-23)30-12-9-17-1-3-20(13-22(17)16-30)21-4-2-18-7-10-27-24(18)14-21/h1-8,10-11,13-15,27-28H,9,12,16H2,(H,29,31). The topological polar surface area (TPSA) is 63.9 Å². The molecule has 6 rings (SSSR count). The number of benzene rings is 3. The van der Waals surface area contributed by atoms with Crippen LogP contribution in [0.25, 0.3) is 32.9 Å². The van der Waals surface area contributed by atoms with Gasteiger partial charge in [-0.2, -0.15) is 0 Å². The molecule has 0 radical (unpaired) electrons. The molecular weight excluding hydrogens is 384 g/mol. The zero-order chi connectivity index (χ0) is 20.8. The molecule has 3 N–H and O–H groups in total. The molecule has 0 aliphatic carbocycles. The zero-order valence-electron chi connectivity index (χ0n) is 17.0. The van der Waals surface area contributed by atoms with Gasteiger partial charge in [0, 0.05) is 42.2 Å². The number of aromatic amines is 2. The Morgan fingerprint density at radius 2 is 1.48 bits per heavy atom. The van der Waals surface area contributed by atoms with E-state index in [0.717, 1.165) is 35.1 Å². The molecule has 152 valence electrons. The third-order valence-electron chi connectivity index (χ3n) is 6.20. The first-order valence-corrected chi connectivity index (χ1v) is 10.6. The fourth-order valence-electron chi connectivity index (χ4n) is 4.47. The van der Waals surface area contributed by atoms with Gasteiger partial charge in [0.05, 0.1) is 0 Å². The Balaban J connectivity index is 1.23. The third-order valence-corrected chi connectivity index (χ3v) is 6.20. The number of H-pyrrole nitrogens is 2. The van der Waals surface area contributed by atoms with Gasteiger partial charge in [0.25, 0.3) is 0 Å². The second kappa shape index (κ2) is 7.06. The summed E-state index contributed by atoms with van der Waals surface area (Å²) in [6, 6.07) is 23.1. The second-order valence-electron chi connectivity index (χ2n) is 8.14. The summed E-state index contributed by atoms with van der Waals surface area (Å²) >= 11 is 0. The van der Waals surface area contributed by atoms with Crippen molar-refractivity contribution in [3.8, 4) is 11.1 Å². The van der Waals surface area contributed by atoms with Crippen LogP contribution in [0, 0.1) is 0 Å². The fraction of sp³-hybridized carbons (Fsp3) is 0.115. The molecule has 1 aliphatic heterocycles. The van der Waals surface area contributed by atoms with E-state index in [9.17, 15) is 4.79 Å². The molecule has 0 bridgehead atoms. The van der Waals surface area contributed by atoms with Crippen molar-refractivity contribution in [1.82, 2.24) is 14.9 Å². The lowest BCUT2D eigenvalue weighted by Crippen LogP contribution is -2.38. The van der Waals surface area contributed by atoms with Crippen LogP contribution in [-0.4, -0.2) is 27.4 Å². The van der Waals surface area contributed by atoms with Crippen molar-refractivity contribution in [3.05, 3.63) is 90.3 Å². The van der Waals surface area contributed by atoms with Gasteiger partial charge in [0.2, 0.25) is 0 Å². The largest absolute Gasteiger partial charge is 0.361 e. The van der Waals surface area contributed by atoms with Crippen LogP contribution < -0.4 is 5.32 Å². The highest BCUT2D eigenvalue weighted by atomic mass is 16.2. The number of nitrogens with one attached hydrogen (secondary N) is 3. The molecule has 0 saturated heterocycles. The van der Waals surface area contributed by atoms with Crippen molar-refractivity contribution in [2.24, 2.45) is 0 Å². The minimum absolute atomic E-state index is 0.0604. The number of carbonyl (C=O) groups excluding carboxylic acids is 1. The Morgan fingerprint density at radius 3 is 2.32 bits per heavy atom. The quantitative estimate of drug-likeness (QED) is 0.335. The molecule has 0 spiro atoms. The number of hydrogen-bond acceptors (Lipinski definition) is 1. The first kappa shape index (κ1) is 17.8. The molecule has 1 aliphatic rings. The van der Waals surface area contributed by atoms with E-state index in [-0.39, 0.29) is 6.03 Å². The summed E-state index contributed by atoms with van der Waals surface area (Å²) < 4.78 is 0. The predicted molar refractivity (Wildman–Crippen MR) is 125 cm³/mol. The summed E-state index contributed by atoms with van der Waals surface area (Å²) in [5.41, 5.74) is 7.85. The summed E-state index contributed by atoms with van der Waals surface area (Å²) in [6.45, 7) is 1.34. The van der Waals surface area contributed by atoms with Crippen molar-refractivity contribution in [1.29, 1.82) is 0 Å². The van der Waals surface area contributed by atoms with Crippen LogP contribution in [0.2, 0.25) is 0 Å². The lowest BCUT2D eigenvalue weighted by Gasteiger charge is -2.29. The van der Waals surface area contributed by atoms with Crippen molar-refractivity contribution >= 4 is 33.5 Å². The van der Waals surface area contributed by atoms with E-state index in [0.29, 0.717) is 6.54 Å². The molecule has 0 atom stereocenters. The summed E-state index contributed by atoms with van der Waals surface area (Å²) in [5.74, 6) is 0. The van der Waals surface area contributed by atoms with E-state index in [1.54, 1.807) is 0 Å². The van der Waals surface area contributed by atoms with Crippen LogP contribution in [0.3, 0.4) is 0 Å². The smallest absolute Gasteiger partial charge is 0.322 e. The number of fused-ring (bicyclic) bond motifs is 3. The summed E-state index contributed by atoms with van der Waals surface area (Å²) in [5, 5.41) is 5.40. The summed E-state index contributed by atoms with van der Waals surface area (Å²) in [7, 11) is 0. The first-order valence-electron chi connectivity index (χ1n) is 10.6. The molecule has 2 aromatic heterocycles. The summed E-state index contributed by atoms with van der Waals surface area (Å²) in [6.07, 6.45) is 4.74. The van der Waals surface area contributed by atoms with E-state index in [1.807, 2.05) is 41.6 Å². The van der Waals surface area contributed by atoms with Gasteiger partial charge in [-0.25, -0.2) is 4.79 Å². The van der Waals surface area contributed by atoms with Crippen molar-refractivity contribution in [2.75, 3.05) is 11.9 Å². The fourth-order valence-corrected chi connectivity index (χ4v) is 4.47. The monoisotopic (exact) mass is 406 g/mol. The molecule has 3 aromatic carbocycles. The summed E-state index contributed by atoms with van der Waals surface area (Å²) in [4.78, 5) is 21.3. The molecule has 5 aromatic rings.